The number of hydrogen-bond acceptors (Lipinski definition) is 3. The second-order valence-corrected chi connectivity index (χ2v) is 8.12. The van der Waals surface area contributed by atoms with Crippen LogP contribution in [0.4, 0.5) is 0 Å². The smallest absolute Gasteiger partial charge is 0.203 e. The lowest BCUT2D eigenvalue weighted by Crippen LogP contribution is -2.22. The van der Waals surface area contributed by atoms with Gasteiger partial charge in [0.25, 0.3) is 0 Å². The summed E-state index contributed by atoms with van der Waals surface area (Å²) in [6.45, 7) is 1.43. The Labute approximate surface area is 187 Å². The second-order valence-electron chi connectivity index (χ2n) is 7.31. The van der Waals surface area contributed by atoms with Gasteiger partial charge in [-0.15, -0.1) is 0 Å². The van der Waals surface area contributed by atoms with Crippen molar-refractivity contribution in [2.75, 3.05) is 7.05 Å². The first kappa shape index (κ1) is 20.5. The maximum absolute atomic E-state index is 6.10. The summed E-state index contributed by atoms with van der Waals surface area (Å²) in [5, 5.41) is 5.59. The third-order valence-electron chi connectivity index (χ3n) is 4.87. The lowest BCUT2D eigenvalue weighted by atomic mass is 10.1. The zero-order chi connectivity index (χ0) is 20.9. The Bertz CT molecular complexity index is 1150. The van der Waals surface area contributed by atoms with Crippen molar-refractivity contribution in [3.63, 3.8) is 0 Å². The maximum atomic E-state index is 6.10. The molecule has 1 heterocycles. The third-order valence-corrected chi connectivity index (χ3v) is 5.51. The molecule has 0 amide bonds. The fourth-order valence-corrected chi connectivity index (χ4v) is 3.90. The highest BCUT2D eigenvalue weighted by Crippen LogP contribution is 2.19. The van der Waals surface area contributed by atoms with E-state index >= 15 is 0 Å². The number of aromatic nitrogens is 3. The minimum absolute atomic E-state index is 0.607. The Balaban J connectivity index is 1.66. The van der Waals surface area contributed by atoms with Gasteiger partial charge in [-0.1, -0.05) is 72.3 Å². The van der Waals surface area contributed by atoms with Crippen LogP contribution in [0.5, 0.6) is 0 Å². The highest BCUT2D eigenvalue weighted by Gasteiger charge is 2.14. The van der Waals surface area contributed by atoms with Gasteiger partial charge in [0.2, 0.25) is 4.77 Å². The highest BCUT2D eigenvalue weighted by molar-refractivity contribution is 7.71. The Morgan fingerprint density at radius 3 is 2.10 bits per heavy atom. The summed E-state index contributed by atoms with van der Waals surface area (Å²) in [4.78, 5) is 2.20. The van der Waals surface area contributed by atoms with E-state index in [2.05, 4.69) is 48.3 Å². The lowest BCUT2D eigenvalue weighted by molar-refractivity contribution is 0.243. The van der Waals surface area contributed by atoms with Gasteiger partial charge in [0.05, 0.1) is 6.67 Å². The molecule has 0 aliphatic carbocycles. The van der Waals surface area contributed by atoms with Gasteiger partial charge >= 0.3 is 0 Å². The molecule has 0 saturated carbocycles. The number of nitrogens with zero attached hydrogens (tertiary/aromatic N) is 4. The van der Waals surface area contributed by atoms with Crippen LogP contribution in [0.2, 0.25) is 5.02 Å². The summed E-state index contributed by atoms with van der Waals surface area (Å²) >= 11 is 11.9. The second kappa shape index (κ2) is 9.39. The van der Waals surface area contributed by atoms with Crippen LogP contribution in [-0.2, 0) is 19.6 Å². The van der Waals surface area contributed by atoms with Crippen molar-refractivity contribution in [2.24, 2.45) is 0 Å². The SMILES string of the molecule is CN(Cc1ccccc1)Cn1nc(Cc2ccccc2)n(-c2ccc(Cl)cc2)c1=S. The van der Waals surface area contributed by atoms with Crippen molar-refractivity contribution in [1.82, 2.24) is 19.2 Å². The third kappa shape index (κ3) is 4.87. The first-order chi connectivity index (χ1) is 14.6. The average molecular weight is 435 g/mol. The zero-order valence-electron chi connectivity index (χ0n) is 16.8. The van der Waals surface area contributed by atoms with Crippen LogP contribution < -0.4 is 0 Å². The maximum Gasteiger partial charge on any atom is 0.203 e. The molecule has 0 spiro atoms. The predicted molar refractivity (Wildman–Crippen MR) is 125 cm³/mol. The number of halogens is 1. The first-order valence-electron chi connectivity index (χ1n) is 9.81. The molecule has 0 aliphatic heterocycles. The van der Waals surface area contributed by atoms with Gasteiger partial charge in [0.1, 0.15) is 5.82 Å². The molecule has 6 heteroatoms. The van der Waals surface area contributed by atoms with Crippen molar-refractivity contribution < 1.29 is 0 Å². The van der Waals surface area contributed by atoms with E-state index in [0.717, 1.165) is 18.1 Å². The molecule has 4 nitrogen and oxygen atoms in total. The number of hydrogen-bond donors (Lipinski definition) is 0. The van der Waals surface area contributed by atoms with E-state index in [1.54, 1.807) is 0 Å². The van der Waals surface area contributed by atoms with E-state index in [1.807, 2.05) is 57.8 Å². The molecule has 0 bridgehead atoms. The molecule has 0 unspecified atom stereocenters. The summed E-state index contributed by atoms with van der Waals surface area (Å²) in [6.07, 6.45) is 0.697. The Kier molecular flexibility index (Phi) is 6.43. The largest absolute Gasteiger partial charge is 0.283 e. The fourth-order valence-electron chi connectivity index (χ4n) is 3.46. The van der Waals surface area contributed by atoms with Gasteiger partial charge < -0.3 is 0 Å². The Hall–Kier alpha value is -2.73. The van der Waals surface area contributed by atoms with Crippen molar-refractivity contribution in [1.29, 1.82) is 0 Å². The van der Waals surface area contributed by atoms with Crippen LogP contribution in [0, 0.1) is 4.77 Å². The van der Waals surface area contributed by atoms with E-state index < -0.39 is 0 Å². The summed E-state index contributed by atoms with van der Waals surface area (Å²) < 4.78 is 4.60. The summed E-state index contributed by atoms with van der Waals surface area (Å²) in [6, 6.07) is 28.4. The van der Waals surface area contributed by atoms with Gasteiger partial charge in [-0.05, 0) is 54.7 Å². The molecule has 3 aromatic carbocycles. The lowest BCUT2D eigenvalue weighted by Gasteiger charge is -2.16. The molecular formula is C24H23ClN4S. The molecule has 152 valence electrons. The van der Waals surface area contributed by atoms with Gasteiger partial charge in [0, 0.05) is 23.7 Å². The molecule has 30 heavy (non-hydrogen) atoms. The van der Waals surface area contributed by atoms with Gasteiger partial charge in [0.15, 0.2) is 0 Å². The molecule has 1 aromatic heterocycles. The Morgan fingerprint density at radius 2 is 1.47 bits per heavy atom. The quantitative estimate of drug-likeness (QED) is 0.347. The van der Waals surface area contributed by atoms with Gasteiger partial charge in [-0.25, -0.2) is 4.68 Å². The van der Waals surface area contributed by atoms with E-state index in [1.165, 1.54) is 11.1 Å². The van der Waals surface area contributed by atoms with Gasteiger partial charge in [-0.3, -0.25) is 9.47 Å². The van der Waals surface area contributed by atoms with Crippen LogP contribution in [0.25, 0.3) is 5.69 Å². The van der Waals surface area contributed by atoms with Crippen LogP contribution in [0.15, 0.2) is 84.9 Å². The molecule has 0 aliphatic rings. The molecule has 4 aromatic rings. The summed E-state index contributed by atoms with van der Waals surface area (Å²) in [5.74, 6) is 0.904. The molecule has 0 radical (unpaired) electrons. The molecule has 0 saturated heterocycles. The standard InChI is InChI=1S/C24H23ClN4S/c1-27(17-20-10-6-3-7-11-20)18-28-24(30)29(22-14-12-21(25)13-15-22)23(26-28)16-19-8-4-2-5-9-19/h2-15H,16-18H2,1H3. The Morgan fingerprint density at radius 1 is 0.867 bits per heavy atom. The highest BCUT2D eigenvalue weighted by atomic mass is 35.5. The van der Waals surface area contributed by atoms with Crippen molar-refractivity contribution >= 4 is 23.8 Å². The number of rotatable bonds is 7. The average Bonchev–Trinajstić information content (AvgIpc) is 3.05. The first-order valence-corrected chi connectivity index (χ1v) is 10.6. The normalized spacial score (nSPS) is 11.2. The van der Waals surface area contributed by atoms with Gasteiger partial charge in [-0.2, -0.15) is 5.10 Å². The minimum Gasteiger partial charge on any atom is -0.283 e. The molecule has 0 atom stereocenters. The van der Waals surface area contributed by atoms with Crippen LogP contribution >= 0.6 is 23.8 Å². The molecule has 0 N–H and O–H groups in total. The van der Waals surface area contributed by atoms with Crippen molar-refractivity contribution in [3.8, 4) is 5.69 Å². The molecule has 0 fully saturated rings. The molecule has 4 rings (SSSR count). The van der Waals surface area contributed by atoms with E-state index in [0.29, 0.717) is 22.9 Å². The monoisotopic (exact) mass is 434 g/mol. The van der Waals surface area contributed by atoms with E-state index in [-0.39, 0.29) is 0 Å². The topological polar surface area (TPSA) is 26.0 Å². The summed E-state index contributed by atoms with van der Waals surface area (Å²) in [7, 11) is 2.08. The predicted octanol–water partition coefficient (Wildman–Crippen LogP) is 5.74. The number of benzene rings is 3. The van der Waals surface area contributed by atoms with Crippen LogP contribution in [0.3, 0.4) is 0 Å². The van der Waals surface area contributed by atoms with E-state index in [9.17, 15) is 0 Å². The fraction of sp³-hybridized carbons (Fsp3) is 0.167. The van der Waals surface area contributed by atoms with Crippen LogP contribution in [-0.4, -0.2) is 26.3 Å². The van der Waals surface area contributed by atoms with E-state index in [4.69, 9.17) is 28.9 Å². The summed E-state index contributed by atoms with van der Waals surface area (Å²) in [5.41, 5.74) is 3.41. The van der Waals surface area contributed by atoms with Crippen LogP contribution in [0.1, 0.15) is 17.0 Å². The van der Waals surface area contributed by atoms with Crippen molar-refractivity contribution in [2.45, 2.75) is 19.6 Å². The minimum atomic E-state index is 0.607. The molecular weight excluding hydrogens is 412 g/mol. The zero-order valence-corrected chi connectivity index (χ0v) is 18.4. The van der Waals surface area contributed by atoms with Crippen molar-refractivity contribution in [3.05, 3.63) is 112 Å².